The number of pyridine rings is 3. The number of esters is 1. The minimum atomic E-state index is -0.469. The second kappa shape index (κ2) is 4.95. The summed E-state index contributed by atoms with van der Waals surface area (Å²) in [5.41, 5.74) is 2.15. The highest BCUT2D eigenvalue weighted by atomic mass is 16.5. The topological polar surface area (TPSA) is 82.0 Å². The van der Waals surface area contributed by atoms with E-state index in [0.717, 1.165) is 0 Å². The van der Waals surface area contributed by atoms with Crippen LogP contribution in [0, 0.1) is 0 Å². The molecule has 3 aromatic rings. The summed E-state index contributed by atoms with van der Waals surface area (Å²) < 4.78 is 5.06. The summed E-state index contributed by atoms with van der Waals surface area (Å²) in [5.74, 6) is -0.683. The molecule has 0 saturated heterocycles. The van der Waals surface area contributed by atoms with Gasteiger partial charge >= 0.3 is 5.97 Å². The van der Waals surface area contributed by atoms with Gasteiger partial charge in [-0.2, -0.15) is 0 Å². The van der Waals surface area contributed by atoms with Gasteiger partial charge in [0, 0.05) is 29.4 Å². The SMILES string of the molecule is CCOC(=O)c1cnc2c3c(nccc13)C(=O)c1cccnc1-2. The van der Waals surface area contributed by atoms with Crippen molar-refractivity contribution in [3.63, 3.8) is 0 Å². The van der Waals surface area contributed by atoms with Crippen molar-refractivity contribution in [3.8, 4) is 11.4 Å². The summed E-state index contributed by atoms with van der Waals surface area (Å²) >= 11 is 0. The summed E-state index contributed by atoms with van der Waals surface area (Å²) in [5, 5.41) is 1.15. The molecule has 0 spiro atoms. The van der Waals surface area contributed by atoms with E-state index in [4.69, 9.17) is 4.74 Å². The van der Waals surface area contributed by atoms with Crippen molar-refractivity contribution in [1.29, 1.82) is 0 Å². The summed E-state index contributed by atoms with van der Waals surface area (Å²) in [7, 11) is 0. The Balaban J connectivity index is 2.09. The van der Waals surface area contributed by atoms with Crippen molar-refractivity contribution < 1.29 is 14.3 Å². The average molecular weight is 305 g/mol. The Bertz CT molecular complexity index is 982. The van der Waals surface area contributed by atoms with Crippen LogP contribution < -0.4 is 0 Å². The highest BCUT2D eigenvalue weighted by molar-refractivity contribution is 6.25. The average Bonchev–Trinajstić information content (AvgIpc) is 2.59. The first-order valence-electron chi connectivity index (χ1n) is 7.17. The predicted molar refractivity (Wildman–Crippen MR) is 82.2 cm³/mol. The minimum absolute atomic E-state index is 0.214. The van der Waals surface area contributed by atoms with Crippen molar-refractivity contribution in [2.75, 3.05) is 6.61 Å². The summed E-state index contributed by atoms with van der Waals surface area (Å²) in [6.45, 7) is 2.00. The summed E-state index contributed by atoms with van der Waals surface area (Å²) in [6.07, 6.45) is 4.59. The van der Waals surface area contributed by atoms with E-state index in [9.17, 15) is 9.59 Å². The van der Waals surface area contributed by atoms with Gasteiger partial charge in [0.25, 0.3) is 0 Å². The fourth-order valence-electron chi connectivity index (χ4n) is 2.82. The predicted octanol–water partition coefficient (Wildman–Crippen LogP) is 2.41. The fourth-order valence-corrected chi connectivity index (χ4v) is 2.82. The second-order valence-corrected chi connectivity index (χ2v) is 5.05. The monoisotopic (exact) mass is 305 g/mol. The van der Waals surface area contributed by atoms with Crippen LogP contribution in [0.4, 0.5) is 0 Å². The zero-order valence-corrected chi connectivity index (χ0v) is 12.2. The van der Waals surface area contributed by atoms with E-state index in [1.165, 1.54) is 12.4 Å². The van der Waals surface area contributed by atoms with Crippen LogP contribution in [-0.4, -0.2) is 33.3 Å². The maximum absolute atomic E-state index is 12.7. The number of hydrogen-bond donors (Lipinski definition) is 0. The molecule has 0 saturated carbocycles. The molecule has 1 aliphatic carbocycles. The Morgan fingerprint density at radius 1 is 1.09 bits per heavy atom. The van der Waals surface area contributed by atoms with Crippen LogP contribution in [0.15, 0.2) is 36.8 Å². The van der Waals surface area contributed by atoms with Crippen molar-refractivity contribution in [1.82, 2.24) is 15.0 Å². The number of aromatic nitrogens is 3. The van der Waals surface area contributed by atoms with Gasteiger partial charge in [0.15, 0.2) is 0 Å². The van der Waals surface area contributed by atoms with Gasteiger partial charge in [-0.1, -0.05) is 0 Å². The lowest BCUT2D eigenvalue weighted by Crippen LogP contribution is -2.15. The smallest absolute Gasteiger partial charge is 0.340 e. The molecule has 0 radical (unpaired) electrons. The number of fused-ring (bicyclic) bond motifs is 2. The fraction of sp³-hybridized carbons (Fsp3) is 0.118. The number of nitrogens with zero attached hydrogens (tertiary/aromatic N) is 3. The molecule has 0 aliphatic heterocycles. The number of ether oxygens (including phenoxy) is 1. The van der Waals surface area contributed by atoms with E-state index in [2.05, 4.69) is 15.0 Å². The van der Waals surface area contributed by atoms with E-state index < -0.39 is 5.97 Å². The first kappa shape index (κ1) is 13.5. The number of ketones is 1. The molecule has 0 N–H and O–H groups in total. The molecule has 0 unspecified atom stereocenters. The van der Waals surface area contributed by atoms with Crippen LogP contribution in [0.2, 0.25) is 0 Å². The van der Waals surface area contributed by atoms with E-state index in [1.54, 1.807) is 31.3 Å². The van der Waals surface area contributed by atoms with E-state index in [0.29, 0.717) is 33.3 Å². The normalized spacial score (nSPS) is 12.1. The molecule has 3 aromatic heterocycles. The van der Waals surface area contributed by atoms with Gasteiger partial charge in [-0.3, -0.25) is 19.7 Å². The van der Waals surface area contributed by atoms with Gasteiger partial charge in [-0.15, -0.1) is 0 Å². The minimum Gasteiger partial charge on any atom is -0.462 e. The van der Waals surface area contributed by atoms with Gasteiger partial charge < -0.3 is 4.74 Å². The molecule has 0 atom stereocenters. The second-order valence-electron chi connectivity index (χ2n) is 5.05. The van der Waals surface area contributed by atoms with Crippen LogP contribution in [0.3, 0.4) is 0 Å². The van der Waals surface area contributed by atoms with Gasteiger partial charge in [0.05, 0.1) is 23.4 Å². The maximum atomic E-state index is 12.7. The number of rotatable bonds is 2. The third kappa shape index (κ3) is 1.85. The molecule has 3 heterocycles. The zero-order chi connectivity index (χ0) is 16.0. The molecule has 6 heteroatoms. The van der Waals surface area contributed by atoms with E-state index in [1.807, 2.05) is 0 Å². The molecule has 0 bridgehead atoms. The maximum Gasteiger partial charge on any atom is 0.340 e. The largest absolute Gasteiger partial charge is 0.462 e. The molecule has 6 nitrogen and oxygen atoms in total. The van der Waals surface area contributed by atoms with Crippen LogP contribution in [0.5, 0.6) is 0 Å². The highest BCUT2D eigenvalue weighted by Gasteiger charge is 2.30. The first-order chi connectivity index (χ1) is 11.2. The van der Waals surface area contributed by atoms with Crippen molar-refractivity contribution in [2.24, 2.45) is 0 Å². The Labute approximate surface area is 131 Å². The lowest BCUT2D eigenvalue weighted by Gasteiger charge is -2.18. The number of carbonyl (C=O) groups is 2. The Morgan fingerprint density at radius 3 is 2.74 bits per heavy atom. The van der Waals surface area contributed by atoms with Crippen molar-refractivity contribution in [2.45, 2.75) is 6.92 Å². The van der Waals surface area contributed by atoms with Gasteiger partial charge in [-0.25, -0.2) is 4.79 Å². The van der Waals surface area contributed by atoms with Gasteiger partial charge in [-0.05, 0) is 25.1 Å². The first-order valence-corrected chi connectivity index (χ1v) is 7.17. The molecule has 112 valence electrons. The molecular weight excluding hydrogens is 294 g/mol. The Hall–Kier alpha value is -3.15. The third-order valence-electron chi connectivity index (χ3n) is 3.79. The van der Waals surface area contributed by atoms with E-state index in [-0.39, 0.29) is 18.1 Å². The standard InChI is InChI=1S/C17H11N3O3/c1-2-23-17(22)11-8-20-14-12-9(11)5-7-19-15(12)16(21)10-4-3-6-18-13(10)14/h3-8H,2H2,1H3. The molecule has 23 heavy (non-hydrogen) atoms. The molecule has 1 aliphatic rings. The van der Waals surface area contributed by atoms with Crippen molar-refractivity contribution >= 4 is 22.5 Å². The lowest BCUT2D eigenvalue weighted by atomic mass is 9.91. The van der Waals surface area contributed by atoms with Gasteiger partial charge in [0.1, 0.15) is 11.4 Å². The highest BCUT2D eigenvalue weighted by Crippen LogP contribution is 2.36. The molecule has 0 amide bonds. The van der Waals surface area contributed by atoms with Crippen LogP contribution in [-0.2, 0) is 4.74 Å². The van der Waals surface area contributed by atoms with Gasteiger partial charge in [0.2, 0.25) is 5.78 Å². The van der Waals surface area contributed by atoms with Crippen LogP contribution in [0.1, 0.15) is 33.3 Å². The van der Waals surface area contributed by atoms with Crippen molar-refractivity contribution in [3.05, 3.63) is 53.6 Å². The van der Waals surface area contributed by atoms with Crippen LogP contribution >= 0.6 is 0 Å². The van der Waals surface area contributed by atoms with Crippen LogP contribution in [0.25, 0.3) is 22.2 Å². The number of carbonyl (C=O) groups excluding carboxylic acids is 2. The molecule has 0 fully saturated rings. The summed E-state index contributed by atoms with van der Waals surface area (Å²) in [6, 6.07) is 5.10. The third-order valence-corrected chi connectivity index (χ3v) is 3.79. The van der Waals surface area contributed by atoms with E-state index >= 15 is 0 Å². The molecule has 0 aromatic carbocycles. The Kier molecular flexibility index (Phi) is 2.90. The summed E-state index contributed by atoms with van der Waals surface area (Å²) in [4.78, 5) is 37.6. The molecular formula is C17H11N3O3. The Morgan fingerprint density at radius 2 is 1.91 bits per heavy atom. The quantitative estimate of drug-likeness (QED) is 0.529. The lowest BCUT2D eigenvalue weighted by molar-refractivity contribution is 0.0528. The zero-order valence-electron chi connectivity index (χ0n) is 12.2. The molecule has 4 rings (SSSR count). The number of hydrogen-bond acceptors (Lipinski definition) is 6.